The van der Waals surface area contributed by atoms with Crippen LogP contribution < -0.4 is 0 Å². The van der Waals surface area contributed by atoms with Gasteiger partial charge < -0.3 is 5.11 Å². The lowest BCUT2D eigenvalue weighted by atomic mass is 10.0. The van der Waals surface area contributed by atoms with Gasteiger partial charge in [0, 0.05) is 0 Å². The van der Waals surface area contributed by atoms with Gasteiger partial charge in [0.15, 0.2) is 0 Å². The second-order valence-corrected chi connectivity index (χ2v) is 1.87. The molecule has 0 saturated carbocycles. The molecule has 0 aromatic heterocycles. The SMILES string of the molecule is [B]CCCC(O)Cl. The van der Waals surface area contributed by atoms with Crippen molar-refractivity contribution in [3.05, 3.63) is 0 Å². The van der Waals surface area contributed by atoms with Crippen molar-refractivity contribution < 1.29 is 5.11 Å². The van der Waals surface area contributed by atoms with E-state index in [0.717, 1.165) is 6.42 Å². The molecule has 0 aromatic carbocycles. The van der Waals surface area contributed by atoms with Crippen LogP contribution in [0.25, 0.3) is 0 Å². The fourth-order valence-electron chi connectivity index (χ4n) is 0.286. The second kappa shape index (κ2) is 4.47. The van der Waals surface area contributed by atoms with Gasteiger partial charge in [0.1, 0.15) is 5.56 Å². The Balaban J connectivity index is 2.68. The summed E-state index contributed by atoms with van der Waals surface area (Å²) in [5.74, 6) is 0. The molecule has 0 saturated heterocycles. The van der Waals surface area contributed by atoms with Crippen molar-refractivity contribution in [3.63, 3.8) is 0 Å². The van der Waals surface area contributed by atoms with Crippen molar-refractivity contribution in [3.8, 4) is 0 Å². The van der Waals surface area contributed by atoms with Crippen LogP contribution in [0.3, 0.4) is 0 Å². The minimum Gasteiger partial charge on any atom is -0.378 e. The van der Waals surface area contributed by atoms with Crippen molar-refractivity contribution in [1.29, 1.82) is 0 Å². The topological polar surface area (TPSA) is 20.2 Å². The zero-order valence-corrected chi connectivity index (χ0v) is 4.86. The molecule has 0 aliphatic rings. The predicted molar refractivity (Wildman–Crippen MR) is 31.7 cm³/mol. The molecule has 0 rings (SSSR count). The molecule has 1 nitrogen and oxygen atoms in total. The molecule has 0 spiro atoms. The Labute approximate surface area is 50.1 Å². The zero-order valence-electron chi connectivity index (χ0n) is 4.10. The quantitative estimate of drug-likeness (QED) is 0.431. The van der Waals surface area contributed by atoms with E-state index in [-0.39, 0.29) is 0 Å². The Bertz CT molecular complexity index is 40.7. The van der Waals surface area contributed by atoms with Crippen LogP contribution in [0.15, 0.2) is 0 Å². The normalized spacial score (nSPS) is 14.0. The summed E-state index contributed by atoms with van der Waals surface area (Å²) in [6, 6.07) is 0. The van der Waals surface area contributed by atoms with Crippen LogP contribution in [-0.2, 0) is 0 Å². The van der Waals surface area contributed by atoms with E-state index in [4.69, 9.17) is 24.6 Å². The second-order valence-electron chi connectivity index (χ2n) is 1.37. The summed E-state index contributed by atoms with van der Waals surface area (Å²) in [5.41, 5.74) is -0.705. The maximum absolute atomic E-state index is 8.39. The van der Waals surface area contributed by atoms with Gasteiger partial charge >= 0.3 is 0 Å². The molecule has 0 aromatic rings. The molecule has 0 amide bonds. The monoisotopic (exact) mass is 118 g/mol. The van der Waals surface area contributed by atoms with Crippen LogP contribution in [0.4, 0.5) is 0 Å². The van der Waals surface area contributed by atoms with Gasteiger partial charge in [-0.1, -0.05) is 24.3 Å². The lowest BCUT2D eigenvalue weighted by molar-refractivity contribution is 0.244. The van der Waals surface area contributed by atoms with Crippen molar-refractivity contribution in [2.45, 2.75) is 24.7 Å². The summed E-state index contributed by atoms with van der Waals surface area (Å²) in [5, 5.41) is 8.39. The smallest absolute Gasteiger partial charge is 0.127 e. The van der Waals surface area contributed by atoms with E-state index >= 15 is 0 Å². The van der Waals surface area contributed by atoms with Gasteiger partial charge in [0.05, 0.1) is 7.85 Å². The summed E-state index contributed by atoms with van der Waals surface area (Å²) in [6.07, 6.45) is 1.99. The van der Waals surface area contributed by atoms with Gasteiger partial charge in [-0.05, 0) is 6.42 Å². The summed E-state index contributed by atoms with van der Waals surface area (Å²) >= 11 is 5.16. The first kappa shape index (κ1) is 7.31. The molecule has 1 N–H and O–H groups in total. The minimum atomic E-state index is -0.705. The van der Waals surface area contributed by atoms with Gasteiger partial charge in [-0.3, -0.25) is 0 Å². The Hall–Kier alpha value is 0.315. The molecule has 1 unspecified atom stereocenters. The van der Waals surface area contributed by atoms with Gasteiger partial charge in [-0.2, -0.15) is 0 Å². The number of aliphatic hydroxyl groups excluding tert-OH is 1. The zero-order chi connectivity index (χ0) is 5.70. The first-order chi connectivity index (χ1) is 3.27. The minimum absolute atomic E-state index is 0.595. The van der Waals surface area contributed by atoms with E-state index in [0.29, 0.717) is 12.7 Å². The lowest BCUT2D eigenvalue weighted by Gasteiger charge is -1.96. The number of halogens is 1. The van der Waals surface area contributed by atoms with Crippen LogP contribution in [-0.4, -0.2) is 18.5 Å². The number of alkyl halides is 1. The van der Waals surface area contributed by atoms with Crippen LogP contribution >= 0.6 is 11.6 Å². The van der Waals surface area contributed by atoms with E-state index in [1.54, 1.807) is 0 Å². The molecular weight excluding hydrogens is 110 g/mol. The molecule has 0 fully saturated rings. The molecule has 40 valence electrons. The highest BCUT2D eigenvalue weighted by Gasteiger charge is 1.92. The summed E-state index contributed by atoms with van der Waals surface area (Å²) in [4.78, 5) is 0. The maximum atomic E-state index is 8.39. The standard InChI is InChI=1S/C4H8BClO/c5-3-1-2-4(6)7/h4,7H,1-3H2. The third-order valence-corrected chi connectivity index (χ3v) is 0.865. The molecule has 2 radical (unpaired) electrons. The summed E-state index contributed by atoms with van der Waals surface area (Å²) in [6.45, 7) is 0. The molecular formula is C4H8BClO. The van der Waals surface area contributed by atoms with Gasteiger partial charge in [-0.25, -0.2) is 0 Å². The Kier molecular flexibility index (Phi) is 4.67. The van der Waals surface area contributed by atoms with Crippen molar-refractivity contribution >= 4 is 19.4 Å². The van der Waals surface area contributed by atoms with Crippen LogP contribution in [0.5, 0.6) is 0 Å². The number of aliphatic hydroxyl groups is 1. The van der Waals surface area contributed by atoms with E-state index in [1.807, 2.05) is 0 Å². The molecule has 0 heterocycles. The molecule has 0 aliphatic heterocycles. The van der Waals surface area contributed by atoms with Gasteiger partial charge in [-0.15, -0.1) is 0 Å². The first-order valence-electron chi connectivity index (χ1n) is 2.29. The van der Waals surface area contributed by atoms with E-state index < -0.39 is 5.56 Å². The van der Waals surface area contributed by atoms with Crippen molar-refractivity contribution in [2.75, 3.05) is 0 Å². The first-order valence-corrected chi connectivity index (χ1v) is 2.73. The lowest BCUT2D eigenvalue weighted by Crippen LogP contribution is -1.93. The van der Waals surface area contributed by atoms with Crippen LogP contribution in [0.1, 0.15) is 12.8 Å². The summed E-state index contributed by atoms with van der Waals surface area (Å²) in [7, 11) is 5.11. The largest absolute Gasteiger partial charge is 0.378 e. The Morgan fingerprint density at radius 1 is 1.71 bits per heavy atom. The Morgan fingerprint density at radius 3 is 2.43 bits per heavy atom. The highest BCUT2D eigenvalue weighted by molar-refractivity contribution is 6.19. The fourth-order valence-corrected chi connectivity index (χ4v) is 0.441. The number of hydrogen-bond acceptors (Lipinski definition) is 1. The maximum Gasteiger partial charge on any atom is 0.127 e. The number of rotatable bonds is 3. The highest BCUT2D eigenvalue weighted by atomic mass is 35.5. The Morgan fingerprint density at radius 2 is 2.29 bits per heavy atom. The molecule has 1 atom stereocenters. The van der Waals surface area contributed by atoms with E-state index in [2.05, 4.69) is 0 Å². The average Bonchev–Trinajstić information content (AvgIpc) is 1.61. The van der Waals surface area contributed by atoms with E-state index in [9.17, 15) is 0 Å². The molecule has 0 aliphatic carbocycles. The van der Waals surface area contributed by atoms with Crippen molar-refractivity contribution in [1.82, 2.24) is 0 Å². The van der Waals surface area contributed by atoms with Gasteiger partial charge in [0.2, 0.25) is 0 Å². The fraction of sp³-hybridized carbons (Fsp3) is 1.00. The van der Waals surface area contributed by atoms with Crippen LogP contribution in [0.2, 0.25) is 6.32 Å². The predicted octanol–water partition coefficient (Wildman–Crippen LogP) is 0.911. The summed E-state index contributed by atoms with van der Waals surface area (Å²) < 4.78 is 0. The highest BCUT2D eigenvalue weighted by Crippen LogP contribution is 2.01. The third-order valence-electron chi connectivity index (χ3n) is 0.646. The molecule has 7 heavy (non-hydrogen) atoms. The van der Waals surface area contributed by atoms with Crippen LogP contribution in [0, 0.1) is 0 Å². The van der Waals surface area contributed by atoms with Crippen molar-refractivity contribution in [2.24, 2.45) is 0 Å². The average molecular weight is 118 g/mol. The number of hydrogen-bond donors (Lipinski definition) is 1. The van der Waals surface area contributed by atoms with Gasteiger partial charge in [0.25, 0.3) is 0 Å². The van der Waals surface area contributed by atoms with E-state index in [1.165, 1.54) is 0 Å². The molecule has 0 bridgehead atoms. The third kappa shape index (κ3) is 6.31. The molecule has 3 heteroatoms.